The van der Waals surface area contributed by atoms with Crippen LogP contribution in [-0.2, 0) is 22.7 Å². The number of nitrogens with zero attached hydrogens (tertiary/aromatic N) is 5. The van der Waals surface area contributed by atoms with E-state index < -0.39 is 6.04 Å². The summed E-state index contributed by atoms with van der Waals surface area (Å²) < 4.78 is 6.83. The Morgan fingerprint density at radius 3 is 2.68 bits per heavy atom. The van der Waals surface area contributed by atoms with Gasteiger partial charge in [-0.2, -0.15) is 0 Å². The highest BCUT2D eigenvalue weighted by atomic mass is 16.5. The van der Waals surface area contributed by atoms with Gasteiger partial charge in [0.15, 0.2) is 0 Å². The molecule has 38 heavy (non-hydrogen) atoms. The van der Waals surface area contributed by atoms with E-state index in [9.17, 15) is 9.59 Å². The van der Waals surface area contributed by atoms with Gasteiger partial charge in [-0.25, -0.2) is 4.68 Å². The monoisotopic (exact) mass is 510 g/mol. The third kappa shape index (κ3) is 5.72. The number of benzene rings is 2. The molecule has 2 unspecified atom stereocenters. The minimum Gasteiger partial charge on any atom is -0.497 e. The van der Waals surface area contributed by atoms with Crippen LogP contribution in [0.2, 0.25) is 0 Å². The lowest BCUT2D eigenvalue weighted by Gasteiger charge is -2.37. The first-order chi connectivity index (χ1) is 18.6. The lowest BCUT2D eigenvalue weighted by molar-refractivity contribution is -0.142. The molecule has 2 amide bonds. The maximum Gasteiger partial charge on any atom is 0.247 e. The molecule has 194 valence electrons. The van der Waals surface area contributed by atoms with E-state index in [1.165, 1.54) is 0 Å². The van der Waals surface area contributed by atoms with Crippen molar-refractivity contribution in [1.82, 2.24) is 24.9 Å². The number of allylic oxidation sites excluding steroid dienone is 2. The van der Waals surface area contributed by atoms with Crippen LogP contribution in [0, 0.1) is 5.92 Å². The van der Waals surface area contributed by atoms with Crippen LogP contribution in [0.15, 0.2) is 85.2 Å². The first kappa shape index (κ1) is 25.1. The van der Waals surface area contributed by atoms with Crippen molar-refractivity contribution in [3.05, 3.63) is 90.8 Å². The highest BCUT2D eigenvalue weighted by Crippen LogP contribution is 2.28. The average Bonchev–Trinajstić information content (AvgIpc) is 3.37. The number of para-hydroxylation sites is 1. The largest absolute Gasteiger partial charge is 0.497 e. The number of anilines is 1. The third-order valence-electron chi connectivity index (χ3n) is 6.82. The van der Waals surface area contributed by atoms with Gasteiger partial charge < -0.3 is 15.0 Å². The fourth-order valence-corrected chi connectivity index (χ4v) is 4.89. The van der Waals surface area contributed by atoms with Crippen molar-refractivity contribution in [2.45, 2.75) is 38.4 Å². The molecule has 1 aliphatic rings. The van der Waals surface area contributed by atoms with Gasteiger partial charge in [-0.3, -0.25) is 14.6 Å². The number of aromatic nitrogens is 4. The van der Waals surface area contributed by atoms with Gasteiger partial charge >= 0.3 is 0 Å². The molecule has 2 atom stereocenters. The Morgan fingerprint density at radius 1 is 1.11 bits per heavy atom. The van der Waals surface area contributed by atoms with Crippen LogP contribution in [0.25, 0.3) is 11.0 Å². The Hall–Kier alpha value is -4.53. The molecule has 0 aliphatic heterocycles. The second-order valence-electron chi connectivity index (χ2n) is 9.33. The van der Waals surface area contributed by atoms with Gasteiger partial charge in [0.05, 0.1) is 12.6 Å². The summed E-state index contributed by atoms with van der Waals surface area (Å²) in [5, 5.41) is 11.4. The van der Waals surface area contributed by atoms with Crippen LogP contribution < -0.4 is 10.1 Å². The molecule has 4 aromatic rings. The summed E-state index contributed by atoms with van der Waals surface area (Å²) in [5.41, 5.74) is 2.97. The number of carbonyl (C=O) groups excluding carboxylic acids is 2. The molecule has 0 radical (unpaired) electrons. The van der Waals surface area contributed by atoms with Crippen molar-refractivity contribution in [1.29, 1.82) is 0 Å². The molecule has 1 N–H and O–H groups in total. The molecule has 9 heteroatoms. The number of ether oxygens (including phenoxy) is 1. The van der Waals surface area contributed by atoms with Gasteiger partial charge in [-0.15, -0.1) is 5.10 Å². The number of rotatable bonds is 9. The van der Waals surface area contributed by atoms with Crippen LogP contribution in [0.3, 0.4) is 0 Å². The van der Waals surface area contributed by atoms with Crippen molar-refractivity contribution >= 4 is 28.5 Å². The summed E-state index contributed by atoms with van der Waals surface area (Å²) in [4.78, 5) is 33.8. The van der Waals surface area contributed by atoms with E-state index >= 15 is 0 Å². The van der Waals surface area contributed by atoms with E-state index in [2.05, 4.69) is 32.8 Å². The number of amides is 2. The minimum atomic E-state index is -0.690. The zero-order valence-electron chi connectivity index (χ0n) is 21.2. The lowest BCUT2D eigenvalue weighted by Crippen LogP contribution is -2.52. The topological polar surface area (TPSA) is 102 Å². The Bertz CT molecular complexity index is 1420. The standard InChI is InChI=1S/C29H30N6O3/c1-38-24-15-13-23(14-16-24)31-29(37)28(22-9-3-2-4-10-22)34(19-21-8-7-17-30-18-21)27(36)20-35-26-12-6-5-11-25(26)32-33-35/h2-3,5-8,11-18,22,28H,4,9-10,19-20H2,1H3,(H,31,37). The Balaban J connectivity index is 1.48. The van der Waals surface area contributed by atoms with E-state index in [1.54, 1.807) is 53.4 Å². The van der Waals surface area contributed by atoms with E-state index in [-0.39, 0.29) is 30.8 Å². The molecule has 0 saturated carbocycles. The van der Waals surface area contributed by atoms with Gasteiger partial charge in [-0.1, -0.05) is 35.6 Å². The lowest BCUT2D eigenvalue weighted by atomic mass is 9.85. The quantitative estimate of drug-likeness (QED) is 0.338. The average molecular weight is 511 g/mol. The van der Waals surface area contributed by atoms with Crippen molar-refractivity contribution in [2.24, 2.45) is 5.92 Å². The minimum absolute atomic E-state index is 0.0321. The summed E-state index contributed by atoms with van der Waals surface area (Å²) in [7, 11) is 1.60. The molecule has 0 spiro atoms. The number of nitrogens with one attached hydrogen (secondary N) is 1. The third-order valence-corrected chi connectivity index (χ3v) is 6.82. The Labute approximate surface area is 221 Å². The van der Waals surface area contributed by atoms with E-state index in [4.69, 9.17) is 4.74 Å². The molecule has 5 rings (SSSR count). The van der Waals surface area contributed by atoms with Crippen LogP contribution in [0.4, 0.5) is 5.69 Å². The van der Waals surface area contributed by atoms with Crippen LogP contribution in [0.5, 0.6) is 5.75 Å². The fourth-order valence-electron chi connectivity index (χ4n) is 4.89. The Morgan fingerprint density at radius 2 is 1.95 bits per heavy atom. The second-order valence-corrected chi connectivity index (χ2v) is 9.33. The zero-order valence-corrected chi connectivity index (χ0v) is 21.2. The van der Waals surface area contributed by atoms with Crippen LogP contribution >= 0.6 is 0 Å². The number of pyridine rings is 1. The predicted octanol–water partition coefficient (Wildman–Crippen LogP) is 4.23. The number of hydrogen-bond donors (Lipinski definition) is 1. The predicted molar refractivity (Wildman–Crippen MR) is 144 cm³/mol. The first-order valence-electron chi connectivity index (χ1n) is 12.7. The fraction of sp³-hybridized carbons (Fsp3) is 0.276. The number of fused-ring (bicyclic) bond motifs is 1. The van der Waals surface area contributed by atoms with Gasteiger partial charge in [-0.05, 0) is 73.2 Å². The van der Waals surface area contributed by atoms with E-state index in [0.29, 0.717) is 23.4 Å². The maximum atomic E-state index is 14.0. The van der Waals surface area contributed by atoms with Crippen LogP contribution in [-0.4, -0.2) is 49.8 Å². The smallest absolute Gasteiger partial charge is 0.247 e. The number of methoxy groups -OCH3 is 1. The van der Waals surface area contributed by atoms with Gasteiger partial charge in [0.25, 0.3) is 0 Å². The van der Waals surface area contributed by atoms with Crippen molar-refractivity contribution in [3.63, 3.8) is 0 Å². The zero-order chi connectivity index (χ0) is 26.3. The highest BCUT2D eigenvalue weighted by molar-refractivity contribution is 5.97. The molecular formula is C29H30N6O3. The SMILES string of the molecule is COc1ccc(NC(=O)C(C2CC=CCC2)N(Cc2cccnc2)C(=O)Cn2nnc3ccccc32)cc1. The van der Waals surface area contributed by atoms with Gasteiger partial charge in [0, 0.05) is 24.6 Å². The summed E-state index contributed by atoms with van der Waals surface area (Å²) in [6.07, 6.45) is 10.0. The molecule has 9 nitrogen and oxygen atoms in total. The molecule has 2 aromatic carbocycles. The maximum absolute atomic E-state index is 14.0. The first-order valence-corrected chi connectivity index (χ1v) is 12.7. The van der Waals surface area contributed by atoms with Gasteiger partial charge in [0.2, 0.25) is 11.8 Å². The molecule has 0 saturated heterocycles. The summed E-state index contributed by atoms with van der Waals surface area (Å²) in [5.74, 6) is 0.224. The molecule has 2 aromatic heterocycles. The molecule has 0 fully saturated rings. The molecule has 1 aliphatic carbocycles. The highest BCUT2D eigenvalue weighted by Gasteiger charge is 2.37. The summed E-state index contributed by atoms with van der Waals surface area (Å²) in [6.45, 7) is 0.218. The van der Waals surface area contributed by atoms with E-state index in [0.717, 1.165) is 23.9 Å². The number of carbonyl (C=O) groups is 2. The van der Waals surface area contributed by atoms with E-state index in [1.807, 2.05) is 36.4 Å². The van der Waals surface area contributed by atoms with Crippen molar-refractivity contribution in [3.8, 4) is 5.75 Å². The molecule has 0 bridgehead atoms. The van der Waals surface area contributed by atoms with Crippen LogP contribution in [0.1, 0.15) is 24.8 Å². The van der Waals surface area contributed by atoms with Crippen molar-refractivity contribution < 1.29 is 14.3 Å². The summed E-state index contributed by atoms with van der Waals surface area (Å²) >= 11 is 0. The number of hydrogen-bond acceptors (Lipinski definition) is 6. The molecule has 2 heterocycles. The molecular weight excluding hydrogens is 480 g/mol. The second kappa shape index (κ2) is 11.7. The van der Waals surface area contributed by atoms with Gasteiger partial charge in [0.1, 0.15) is 23.9 Å². The normalized spacial score (nSPS) is 15.7. The Kier molecular flexibility index (Phi) is 7.73. The van der Waals surface area contributed by atoms with Crippen molar-refractivity contribution in [2.75, 3.05) is 12.4 Å². The summed E-state index contributed by atoms with van der Waals surface area (Å²) in [6, 6.07) is 17.7.